The topological polar surface area (TPSA) is 35.6 Å². The average molecular weight is 354 g/mol. The molecule has 0 fully saturated rings. The van der Waals surface area contributed by atoms with Crippen molar-refractivity contribution in [2.75, 3.05) is 0 Å². The van der Waals surface area contributed by atoms with E-state index in [-0.39, 0.29) is 0 Å². The van der Waals surface area contributed by atoms with E-state index in [0.717, 1.165) is 34.3 Å². The zero-order valence-corrected chi connectivity index (χ0v) is 13.4. The minimum absolute atomic E-state index is 0.414. The van der Waals surface area contributed by atoms with Gasteiger partial charge in [0, 0.05) is 36.4 Å². The number of aromatic nitrogens is 4. The molecule has 0 N–H and O–H groups in total. The number of hydrogen-bond donors (Lipinski definition) is 0. The monoisotopic (exact) mass is 352 g/mol. The quantitative estimate of drug-likeness (QED) is 0.673. The summed E-state index contributed by atoms with van der Waals surface area (Å²) in [5, 5.41) is 4.19. The lowest BCUT2D eigenvalue weighted by Crippen LogP contribution is -2.07. The molecular formula is C14H14BrClN4. The summed E-state index contributed by atoms with van der Waals surface area (Å²) < 4.78 is 5.11. The number of fused-ring (bicyclic) bond motifs is 1. The molecule has 2 aromatic heterocycles. The number of rotatable bonds is 4. The van der Waals surface area contributed by atoms with E-state index in [1.54, 1.807) is 0 Å². The SMILES string of the molecule is Cn1nccc1CCn1c(CCl)nc2cc(Br)ccc21. The molecule has 2 heterocycles. The fourth-order valence-electron chi connectivity index (χ4n) is 2.38. The second-order valence-electron chi connectivity index (χ2n) is 4.64. The molecule has 0 unspecified atom stereocenters. The molecule has 0 bridgehead atoms. The lowest BCUT2D eigenvalue weighted by atomic mass is 10.3. The van der Waals surface area contributed by atoms with Crippen LogP contribution in [0.1, 0.15) is 11.5 Å². The predicted octanol–water partition coefficient (Wildman–Crippen LogP) is 3.51. The highest BCUT2D eigenvalue weighted by atomic mass is 79.9. The first kappa shape index (κ1) is 13.6. The van der Waals surface area contributed by atoms with E-state index in [9.17, 15) is 0 Å². The van der Waals surface area contributed by atoms with Crippen LogP contribution in [0.5, 0.6) is 0 Å². The molecular weight excluding hydrogens is 340 g/mol. The van der Waals surface area contributed by atoms with Gasteiger partial charge in [-0.05, 0) is 24.3 Å². The Hall–Kier alpha value is -1.33. The van der Waals surface area contributed by atoms with Crippen molar-refractivity contribution in [1.82, 2.24) is 19.3 Å². The van der Waals surface area contributed by atoms with Crippen LogP contribution in [-0.2, 0) is 25.9 Å². The molecule has 3 rings (SSSR count). The first-order valence-corrected chi connectivity index (χ1v) is 7.69. The van der Waals surface area contributed by atoms with Crippen LogP contribution in [0.2, 0.25) is 0 Å². The molecule has 0 saturated heterocycles. The molecule has 4 nitrogen and oxygen atoms in total. The van der Waals surface area contributed by atoms with Crippen molar-refractivity contribution in [3.8, 4) is 0 Å². The Bertz CT molecular complexity index is 747. The van der Waals surface area contributed by atoms with Crippen LogP contribution < -0.4 is 0 Å². The summed E-state index contributed by atoms with van der Waals surface area (Å²) in [4.78, 5) is 4.59. The number of hydrogen-bond acceptors (Lipinski definition) is 2. The third kappa shape index (κ3) is 2.47. The van der Waals surface area contributed by atoms with Gasteiger partial charge in [0.05, 0.1) is 16.9 Å². The highest BCUT2D eigenvalue weighted by Crippen LogP contribution is 2.22. The van der Waals surface area contributed by atoms with Gasteiger partial charge >= 0.3 is 0 Å². The Morgan fingerprint density at radius 1 is 1.30 bits per heavy atom. The molecule has 0 amide bonds. The predicted molar refractivity (Wildman–Crippen MR) is 83.9 cm³/mol. The maximum absolute atomic E-state index is 6.02. The lowest BCUT2D eigenvalue weighted by molar-refractivity contribution is 0.634. The third-order valence-corrected chi connectivity index (χ3v) is 4.16. The van der Waals surface area contributed by atoms with Gasteiger partial charge in [-0.3, -0.25) is 4.68 Å². The largest absolute Gasteiger partial charge is 0.327 e. The molecule has 0 saturated carbocycles. The summed E-state index contributed by atoms with van der Waals surface area (Å²) in [5.74, 6) is 1.32. The van der Waals surface area contributed by atoms with Crippen molar-refractivity contribution < 1.29 is 0 Å². The second-order valence-corrected chi connectivity index (χ2v) is 5.83. The van der Waals surface area contributed by atoms with E-state index >= 15 is 0 Å². The number of aryl methyl sites for hydroxylation is 3. The normalized spacial score (nSPS) is 11.3. The second kappa shape index (κ2) is 5.58. The summed E-state index contributed by atoms with van der Waals surface area (Å²) in [7, 11) is 1.96. The standard InChI is InChI=1S/C14H14BrClN4/c1-19-11(4-6-17-19)5-7-20-13-3-2-10(15)8-12(13)18-14(20)9-16/h2-4,6,8H,5,7,9H2,1H3. The van der Waals surface area contributed by atoms with Crippen molar-refractivity contribution in [3.05, 3.63) is 46.5 Å². The van der Waals surface area contributed by atoms with Crippen molar-refractivity contribution in [3.63, 3.8) is 0 Å². The lowest BCUT2D eigenvalue weighted by Gasteiger charge is -2.08. The summed E-state index contributed by atoms with van der Waals surface area (Å²) in [5.41, 5.74) is 3.29. The van der Waals surface area contributed by atoms with Crippen molar-refractivity contribution >= 4 is 38.6 Å². The van der Waals surface area contributed by atoms with Crippen molar-refractivity contribution in [1.29, 1.82) is 0 Å². The molecule has 0 spiro atoms. The Labute approximate surface area is 130 Å². The van der Waals surface area contributed by atoms with E-state index < -0.39 is 0 Å². The van der Waals surface area contributed by atoms with E-state index in [1.807, 2.05) is 36.1 Å². The summed E-state index contributed by atoms with van der Waals surface area (Å²) in [6.45, 7) is 0.847. The van der Waals surface area contributed by atoms with Crippen molar-refractivity contribution in [2.45, 2.75) is 18.8 Å². The Morgan fingerprint density at radius 2 is 2.15 bits per heavy atom. The molecule has 0 radical (unpaired) electrons. The number of halogens is 2. The molecule has 1 aromatic carbocycles. The number of benzene rings is 1. The maximum atomic E-state index is 6.02. The minimum atomic E-state index is 0.414. The van der Waals surface area contributed by atoms with Crippen LogP contribution in [0.15, 0.2) is 34.9 Å². The molecule has 0 aliphatic carbocycles. The number of alkyl halides is 1. The van der Waals surface area contributed by atoms with Gasteiger partial charge in [-0.25, -0.2) is 4.98 Å². The van der Waals surface area contributed by atoms with E-state index in [2.05, 4.69) is 36.6 Å². The Balaban J connectivity index is 1.95. The third-order valence-electron chi connectivity index (χ3n) is 3.42. The first-order valence-electron chi connectivity index (χ1n) is 6.36. The van der Waals surface area contributed by atoms with E-state index in [4.69, 9.17) is 11.6 Å². The van der Waals surface area contributed by atoms with Crippen LogP contribution in [-0.4, -0.2) is 19.3 Å². The molecule has 3 aromatic rings. The number of imidazole rings is 1. The smallest absolute Gasteiger partial charge is 0.124 e. The molecule has 6 heteroatoms. The van der Waals surface area contributed by atoms with E-state index in [0.29, 0.717) is 5.88 Å². The van der Waals surface area contributed by atoms with Gasteiger partial charge in [-0.1, -0.05) is 15.9 Å². The number of nitrogens with zero attached hydrogens (tertiary/aromatic N) is 4. The average Bonchev–Trinajstić information content (AvgIpc) is 2.99. The first-order chi connectivity index (χ1) is 9.69. The highest BCUT2D eigenvalue weighted by Gasteiger charge is 2.11. The molecule has 20 heavy (non-hydrogen) atoms. The summed E-state index contributed by atoms with van der Waals surface area (Å²) in [6, 6.07) is 8.16. The van der Waals surface area contributed by atoms with Gasteiger partial charge in [0.1, 0.15) is 5.82 Å². The highest BCUT2D eigenvalue weighted by molar-refractivity contribution is 9.10. The summed E-state index contributed by atoms with van der Waals surface area (Å²) >= 11 is 9.50. The zero-order valence-electron chi connectivity index (χ0n) is 11.1. The van der Waals surface area contributed by atoms with Crippen LogP contribution in [0.4, 0.5) is 0 Å². The van der Waals surface area contributed by atoms with E-state index in [1.165, 1.54) is 5.69 Å². The van der Waals surface area contributed by atoms with Gasteiger partial charge in [0.2, 0.25) is 0 Å². The molecule has 0 atom stereocenters. The van der Waals surface area contributed by atoms with Crippen LogP contribution in [0.25, 0.3) is 11.0 Å². The van der Waals surface area contributed by atoms with Crippen LogP contribution in [0, 0.1) is 0 Å². The van der Waals surface area contributed by atoms with Gasteiger partial charge < -0.3 is 4.57 Å². The zero-order chi connectivity index (χ0) is 14.1. The van der Waals surface area contributed by atoms with Gasteiger partial charge in [-0.15, -0.1) is 11.6 Å². The fraction of sp³-hybridized carbons (Fsp3) is 0.286. The van der Waals surface area contributed by atoms with Gasteiger partial charge in [-0.2, -0.15) is 5.10 Å². The molecule has 0 aliphatic heterocycles. The Kier molecular flexibility index (Phi) is 3.81. The molecule has 0 aliphatic rings. The molecule has 104 valence electrons. The van der Waals surface area contributed by atoms with Gasteiger partial charge in [0.15, 0.2) is 0 Å². The fourth-order valence-corrected chi connectivity index (χ4v) is 2.93. The minimum Gasteiger partial charge on any atom is -0.327 e. The Morgan fingerprint density at radius 3 is 2.85 bits per heavy atom. The van der Waals surface area contributed by atoms with Gasteiger partial charge in [0.25, 0.3) is 0 Å². The summed E-state index contributed by atoms with van der Waals surface area (Å²) in [6.07, 6.45) is 2.73. The van der Waals surface area contributed by atoms with Crippen LogP contribution in [0.3, 0.4) is 0 Å². The maximum Gasteiger partial charge on any atom is 0.124 e. The van der Waals surface area contributed by atoms with Crippen molar-refractivity contribution in [2.24, 2.45) is 7.05 Å². The van der Waals surface area contributed by atoms with Crippen LogP contribution >= 0.6 is 27.5 Å².